The Morgan fingerprint density at radius 1 is 1.30 bits per heavy atom. The minimum absolute atomic E-state index is 0.0126. The third-order valence-corrected chi connectivity index (χ3v) is 4.87. The summed E-state index contributed by atoms with van der Waals surface area (Å²) in [6.07, 6.45) is -3.58. The number of nitro benzene ring substituents is 1. The number of benzene rings is 1. The number of rotatable bonds is 7. The Kier molecular flexibility index (Phi) is 6.10. The van der Waals surface area contributed by atoms with Crippen LogP contribution < -0.4 is 10.1 Å². The number of amides is 1. The minimum atomic E-state index is -4.50. The fourth-order valence-electron chi connectivity index (χ4n) is 2.48. The highest BCUT2D eigenvalue weighted by Crippen LogP contribution is 2.31. The van der Waals surface area contributed by atoms with Gasteiger partial charge in [0.15, 0.2) is 10.8 Å². The molecule has 0 fully saturated rings. The first kappa shape index (κ1) is 21.4. The zero-order valence-corrected chi connectivity index (χ0v) is 16.2. The highest BCUT2D eigenvalue weighted by atomic mass is 32.2. The number of hydrogen-bond acceptors (Lipinski definition) is 7. The van der Waals surface area contributed by atoms with E-state index in [9.17, 15) is 28.1 Å². The molecule has 0 aliphatic carbocycles. The maximum Gasteiger partial charge on any atom is 0.417 e. The maximum absolute atomic E-state index is 12.9. The van der Waals surface area contributed by atoms with E-state index in [1.807, 2.05) is 0 Å². The number of ether oxygens (including phenoxy) is 1. The second-order valence-corrected chi connectivity index (χ2v) is 6.98. The van der Waals surface area contributed by atoms with E-state index < -0.39 is 22.6 Å². The lowest BCUT2D eigenvalue weighted by Gasteiger charge is -2.10. The van der Waals surface area contributed by atoms with Crippen LogP contribution in [0.2, 0.25) is 0 Å². The van der Waals surface area contributed by atoms with Crippen molar-refractivity contribution in [1.82, 2.24) is 14.6 Å². The second kappa shape index (κ2) is 8.57. The molecule has 0 atom stereocenters. The summed E-state index contributed by atoms with van der Waals surface area (Å²) in [7, 11) is 1.32. The van der Waals surface area contributed by atoms with Crippen LogP contribution in [0.25, 0.3) is 5.65 Å². The lowest BCUT2D eigenvalue weighted by Crippen LogP contribution is -2.13. The summed E-state index contributed by atoms with van der Waals surface area (Å²) in [5.74, 6) is -0.0502. The summed E-state index contributed by atoms with van der Waals surface area (Å²) in [6.45, 7) is 0. The molecule has 9 nitrogen and oxygen atoms in total. The van der Waals surface area contributed by atoms with E-state index in [-0.39, 0.29) is 40.1 Å². The second-order valence-electron chi connectivity index (χ2n) is 5.91. The fraction of sp³-hybridized carbons (Fsp3) is 0.235. The first-order chi connectivity index (χ1) is 14.2. The van der Waals surface area contributed by atoms with Crippen molar-refractivity contribution in [3.8, 4) is 5.75 Å². The average Bonchev–Trinajstić information content (AvgIpc) is 3.10. The van der Waals surface area contributed by atoms with Crippen LogP contribution in [0.3, 0.4) is 0 Å². The van der Waals surface area contributed by atoms with Crippen LogP contribution in [0.4, 0.5) is 24.5 Å². The van der Waals surface area contributed by atoms with E-state index in [2.05, 4.69) is 15.5 Å². The van der Waals surface area contributed by atoms with Gasteiger partial charge >= 0.3 is 6.18 Å². The highest BCUT2D eigenvalue weighted by Gasteiger charge is 2.31. The zero-order chi connectivity index (χ0) is 21.9. The topological polar surface area (TPSA) is 112 Å². The molecule has 0 spiro atoms. The van der Waals surface area contributed by atoms with Crippen molar-refractivity contribution < 1.29 is 27.6 Å². The summed E-state index contributed by atoms with van der Waals surface area (Å²) in [5.41, 5.74) is -0.497. The number of nitrogens with zero attached hydrogens (tertiary/aromatic N) is 4. The molecule has 30 heavy (non-hydrogen) atoms. The van der Waals surface area contributed by atoms with E-state index in [4.69, 9.17) is 4.74 Å². The van der Waals surface area contributed by atoms with Gasteiger partial charge in [-0.1, -0.05) is 11.8 Å². The number of fused-ring (bicyclic) bond motifs is 1. The van der Waals surface area contributed by atoms with Crippen molar-refractivity contribution in [2.24, 2.45) is 0 Å². The SMILES string of the molecule is COc1cc([N+](=O)[O-])ccc1NC(=O)CCSc1nnc2ccc(C(F)(F)F)cn12. The van der Waals surface area contributed by atoms with Crippen LogP contribution in [0.1, 0.15) is 12.0 Å². The Morgan fingerprint density at radius 2 is 2.07 bits per heavy atom. The molecule has 2 heterocycles. The lowest BCUT2D eigenvalue weighted by atomic mass is 10.2. The molecule has 13 heteroatoms. The number of hydrogen-bond donors (Lipinski definition) is 1. The van der Waals surface area contributed by atoms with Crippen LogP contribution in [-0.2, 0) is 11.0 Å². The molecule has 2 aromatic heterocycles. The number of carbonyl (C=O) groups is 1. The predicted molar refractivity (Wildman–Crippen MR) is 102 cm³/mol. The number of methoxy groups -OCH3 is 1. The van der Waals surface area contributed by atoms with Crippen molar-refractivity contribution >= 4 is 34.7 Å². The van der Waals surface area contributed by atoms with Crippen molar-refractivity contribution in [3.63, 3.8) is 0 Å². The van der Waals surface area contributed by atoms with E-state index >= 15 is 0 Å². The van der Waals surface area contributed by atoms with Gasteiger partial charge in [0.05, 0.1) is 29.4 Å². The van der Waals surface area contributed by atoms with Crippen molar-refractivity contribution in [2.75, 3.05) is 18.2 Å². The lowest BCUT2D eigenvalue weighted by molar-refractivity contribution is -0.384. The molecule has 0 saturated carbocycles. The maximum atomic E-state index is 12.9. The third kappa shape index (κ3) is 4.79. The van der Waals surface area contributed by atoms with E-state index in [0.717, 1.165) is 24.0 Å². The van der Waals surface area contributed by atoms with Gasteiger partial charge < -0.3 is 10.1 Å². The van der Waals surface area contributed by atoms with Crippen molar-refractivity contribution in [3.05, 3.63) is 52.2 Å². The largest absolute Gasteiger partial charge is 0.494 e. The monoisotopic (exact) mass is 441 g/mol. The van der Waals surface area contributed by atoms with Gasteiger partial charge in [-0.3, -0.25) is 19.3 Å². The van der Waals surface area contributed by atoms with Gasteiger partial charge in [-0.05, 0) is 18.2 Å². The number of anilines is 1. The number of carbonyl (C=O) groups excluding carboxylic acids is 1. The minimum Gasteiger partial charge on any atom is -0.494 e. The Balaban J connectivity index is 1.63. The Morgan fingerprint density at radius 3 is 2.73 bits per heavy atom. The molecule has 1 aromatic carbocycles. The first-order valence-corrected chi connectivity index (χ1v) is 9.34. The smallest absolute Gasteiger partial charge is 0.417 e. The molecule has 158 valence electrons. The van der Waals surface area contributed by atoms with Gasteiger partial charge in [0.25, 0.3) is 5.69 Å². The molecule has 1 N–H and O–H groups in total. The summed E-state index contributed by atoms with van der Waals surface area (Å²) in [5, 5.41) is 21.3. The Labute approximate surface area is 171 Å². The number of aromatic nitrogens is 3. The third-order valence-electron chi connectivity index (χ3n) is 3.93. The van der Waals surface area contributed by atoms with Crippen LogP contribution in [0.5, 0.6) is 5.75 Å². The predicted octanol–water partition coefficient (Wildman–Crippen LogP) is 3.79. The number of thioether (sulfide) groups is 1. The molecular weight excluding hydrogens is 427 g/mol. The summed E-state index contributed by atoms with van der Waals surface area (Å²) >= 11 is 1.07. The highest BCUT2D eigenvalue weighted by molar-refractivity contribution is 7.99. The Bertz CT molecular complexity index is 1100. The van der Waals surface area contributed by atoms with Gasteiger partial charge in [0.2, 0.25) is 5.91 Å². The molecule has 3 rings (SSSR count). The van der Waals surface area contributed by atoms with E-state index in [1.54, 1.807) is 0 Å². The molecule has 0 saturated heterocycles. The van der Waals surface area contributed by atoms with Gasteiger partial charge in [0, 0.05) is 24.4 Å². The molecule has 1 amide bonds. The molecule has 0 unspecified atom stereocenters. The number of non-ortho nitro benzene ring substituents is 1. The van der Waals surface area contributed by atoms with Crippen molar-refractivity contribution in [2.45, 2.75) is 17.8 Å². The van der Waals surface area contributed by atoms with E-state index in [1.165, 1.54) is 35.8 Å². The Hall–Kier alpha value is -3.35. The van der Waals surface area contributed by atoms with Crippen LogP contribution >= 0.6 is 11.8 Å². The molecule has 0 radical (unpaired) electrons. The fourth-order valence-corrected chi connectivity index (χ4v) is 3.33. The first-order valence-electron chi connectivity index (χ1n) is 8.36. The molecule has 0 bridgehead atoms. The molecular formula is C17H14F3N5O4S. The summed E-state index contributed by atoms with van der Waals surface area (Å²) in [4.78, 5) is 22.4. The molecule has 0 aliphatic heterocycles. The van der Waals surface area contributed by atoms with Gasteiger partial charge in [-0.25, -0.2) is 0 Å². The van der Waals surface area contributed by atoms with Gasteiger partial charge in [-0.2, -0.15) is 13.2 Å². The number of nitrogens with one attached hydrogen (secondary N) is 1. The number of halogens is 3. The van der Waals surface area contributed by atoms with E-state index in [0.29, 0.717) is 0 Å². The average molecular weight is 441 g/mol. The van der Waals surface area contributed by atoms with Crippen LogP contribution in [0, 0.1) is 10.1 Å². The molecule has 3 aromatic rings. The number of alkyl halides is 3. The van der Waals surface area contributed by atoms with Crippen molar-refractivity contribution in [1.29, 1.82) is 0 Å². The molecule has 0 aliphatic rings. The summed E-state index contributed by atoms with van der Waals surface area (Å²) in [6, 6.07) is 5.90. The zero-order valence-electron chi connectivity index (χ0n) is 15.3. The van der Waals surface area contributed by atoms with Gasteiger partial charge in [-0.15, -0.1) is 10.2 Å². The van der Waals surface area contributed by atoms with Crippen LogP contribution in [0.15, 0.2) is 41.7 Å². The summed E-state index contributed by atoms with van der Waals surface area (Å²) < 4.78 is 44.9. The quantitative estimate of drug-likeness (QED) is 0.337. The van der Waals surface area contributed by atoms with Crippen LogP contribution in [-0.4, -0.2) is 38.3 Å². The standard InChI is InChI=1S/C17H14F3N5O4S/c1-29-13-8-11(25(27)28)3-4-12(13)21-15(26)6-7-30-16-23-22-14-5-2-10(9-24(14)16)17(18,19)20/h2-5,8-9H,6-7H2,1H3,(H,21,26). The normalized spacial score (nSPS) is 11.5. The van der Waals surface area contributed by atoms with Gasteiger partial charge in [0.1, 0.15) is 5.75 Å². The number of nitro groups is 1. The number of pyridine rings is 1.